The van der Waals surface area contributed by atoms with Crippen LogP contribution in [0.25, 0.3) is 0 Å². The summed E-state index contributed by atoms with van der Waals surface area (Å²) in [5, 5.41) is 14.0. The van der Waals surface area contributed by atoms with Crippen molar-refractivity contribution in [2.45, 2.75) is 19.6 Å². The van der Waals surface area contributed by atoms with Crippen LogP contribution in [0.3, 0.4) is 0 Å². The number of nitrogens with two attached hydrogens (primary N) is 1. The molecule has 0 aliphatic carbocycles. The fourth-order valence-electron chi connectivity index (χ4n) is 1.39. The molecule has 1 amide bonds. The van der Waals surface area contributed by atoms with E-state index in [4.69, 9.17) is 5.73 Å². The van der Waals surface area contributed by atoms with E-state index in [1.807, 2.05) is 0 Å². The molecule has 2 aromatic heterocycles. The molecule has 2 rings (SSSR count). The Labute approximate surface area is 103 Å². The highest BCUT2D eigenvalue weighted by Crippen LogP contribution is 1.98. The topological polar surface area (TPSA) is 119 Å². The third kappa shape index (κ3) is 2.88. The van der Waals surface area contributed by atoms with Gasteiger partial charge in [-0.2, -0.15) is 5.10 Å². The third-order valence-electron chi connectivity index (χ3n) is 2.37. The molecule has 18 heavy (non-hydrogen) atoms. The third-order valence-corrected chi connectivity index (χ3v) is 2.37. The van der Waals surface area contributed by atoms with Gasteiger partial charge in [0.25, 0.3) is 0 Å². The Morgan fingerprint density at radius 1 is 1.61 bits per heavy atom. The first-order valence-electron chi connectivity index (χ1n) is 5.36. The SMILES string of the molecule is CN(Cc1ncn[nH]1)C(=O)Cn1cc(CN)nn1. The largest absolute Gasteiger partial charge is 0.337 e. The van der Waals surface area contributed by atoms with Gasteiger partial charge >= 0.3 is 0 Å². The van der Waals surface area contributed by atoms with Gasteiger partial charge < -0.3 is 10.6 Å². The molecule has 0 unspecified atom stereocenters. The number of hydrogen-bond acceptors (Lipinski definition) is 6. The van der Waals surface area contributed by atoms with Crippen molar-refractivity contribution in [2.24, 2.45) is 5.73 Å². The predicted octanol–water partition coefficient (Wildman–Crippen LogP) is -1.49. The molecule has 2 heterocycles. The van der Waals surface area contributed by atoms with E-state index in [-0.39, 0.29) is 12.5 Å². The second-order valence-electron chi connectivity index (χ2n) is 3.79. The number of hydrogen-bond donors (Lipinski definition) is 2. The van der Waals surface area contributed by atoms with Gasteiger partial charge in [0.2, 0.25) is 5.91 Å². The van der Waals surface area contributed by atoms with Crippen molar-refractivity contribution in [3.05, 3.63) is 24.0 Å². The molecular formula is C9H14N8O. The van der Waals surface area contributed by atoms with Crippen molar-refractivity contribution in [3.8, 4) is 0 Å². The van der Waals surface area contributed by atoms with E-state index >= 15 is 0 Å². The number of likely N-dealkylation sites (N-methyl/N-ethyl adjacent to an activating group) is 1. The Morgan fingerprint density at radius 3 is 3.06 bits per heavy atom. The monoisotopic (exact) mass is 250 g/mol. The molecule has 0 aliphatic rings. The van der Waals surface area contributed by atoms with Gasteiger partial charge in [0, 0.05) is 13.6 Å². The molecule has 0 aromatic carbocycles. The van der Waals surface area contributed by atoms with E-state index < -0.39 is 0 Å². The number of H-pyrrole nitrogens is 1. The Hall–Kier alpha value is -2.29. The molecule has 0 radical (unpaired) electrons. The van der Waals surface area contributed by atoms with E-state index in [0.29, 0.717) is 24.6 Å². The maximum Gasteiger partial charge on any atom is 0.244 e. The fourth-order valence-corrected chi connectivity index (χ4v) is 1.39. The van der Waals surface area contributed by atoms with Crippen molar-refractivity contribution >= 4 is 5.91 Å². The lowest BCUT2D eigenvalue weighted by Gasteiger charge is -2.14. The molecular weight excluding hydrogens is 236 g/mol. The van der Waals surface area contributed by atoms with Crippen molar-refractivity contribution in [3.63, 3.8) is 0 Å². The van der Waals surface area contributed by atoms with Gasteiger partial charge in [-0.15, -0.1) is 5.10 Å². The molecule has 0 saturated heterocycles. The average Bonchev–Trinajstić information content (AvgIpc) is 3.00. The summed E-state index contributed by atoms with van der Waals surface area (Å²) in [7, 11) is 1.69. The van der Waals surface area contributed by atoms with Crippen molar-refractivity contribution in [1.82, 2.24) is 35.1 Å². The minimum atomic E-state index is -0.0973. The maximum absolute atomic E-state index is 11.9. The molecule has 0 aliphatic heterocycles. The highest BCUT2D eigenvalue weighted by molar-refractivity contribution is 5.75. The second kappa shape index (κ2) is 5.36. The zero-order chi connectivity index (χ0) is 13.0. The molecule has 96 valence electrons. The highest BCUT2D eigenvalue weighted by Gasteiger charge is 2.12. The molecule has 9 heteroatoms. The van der Waals surface area contributed by atoms with Crippen LogP contribution >= 0.6 is 0 Å². The van der Waals surface area contributed by atoms with Gasteiger partial charge in [-0.25, -0.2) is 9.67 Å². The second-order valence-corrected chi connectivity index (χ2v) is 3.79. The number of amides is 1. The summed E-state index contributed by atoms with van der Waals surface area (Å²) >= 11 is 0. The average molecular weight is 250 g/mol. The number of carbonyl (C=O) groups is 1. The summed E-state index contributed by atoms with van der Waals surface area (Å²) < 4.78 is 1.46. The van der Waals surface area contributed by atoms with Gasteiger partial charge in [0.05, 0.1) is 18.4 Å². The summed E-state index contributed by atoms with van der Waals surface area (Å²) in [5.74, 6) is 0.534. The molecule has 0 spiro atoms. The van der Waals surface area contributed by atoms with E-state index in [1.54, 1.807) is 13.2 Å². The summed E-state index contributed by atoms with van der Waals surface area (Å²) in [6.45, 7) is 0.803. The van der Waals surface area contributed by atoms with Crippen LogP contribution in [0, 0.1) is 0 Å². The summed E-state index contributed by atoms with van der Waals surface area (Å²) in [6.07, 6.45) is 3.05. The van der Waals surface area contributed by atoms with Crippen LogP contribution in [0.2, 0.25) is 0 Å². The van der Waals surface area contributed by atoms with E-state index in [2.05, 4.69) is 25.5 Å². The lowest BCUT2D eigenvalue weighted by atomic mass is 10.4. The van der Waals surface area contributed by atoms with Crippen molar-refractivity contribution in [2.75, 3.05) is 7.05 Å². The maximum atomic E-state index is 11.9. The molecule has 9 nitrogen and oxygen atoms in total. The Balaban J connectivity index is 1.90. The van der Waals surface area contributed by atoms with Crippen LogP contribution < -0.4 is 5.73 Å². The number of nitrogens with zero attached hydrogens (tertiary/aromatic N) is 6. The number of aromatic nitrogens is 6. The van der Waals surface area contributed by atoms with Crippen LogP contribution in [0.1, 0.15) is 11.5 Å². The zero-order valence-electron chi connectivity index (χ0n) is 9.94. The number of nitrogens with one attached hydrogen (secondary N) is 1. The van der Waals surface area contributed by atoms with E-state index in [0.717, 1.165) is 0 Å². The molecule has 0 fully saturated rings. The smallest absolute Gasteiger partial charge is 0.244 e. The zero-order valence-corrected chi connectivity index (χ0v) is 9.94. The number of rotatable bonds is 5. The summed E-state index contributed by atoms with van der Waals surface area (Å²) in [6, 6.07) is 0. The predicted molar refractivity (Wildman–Crippen MR) is 60.8 cm³/mol. The van der Waals surface area contributed by atoms with E-state index in [9.17, 15) is 4.79 Å². The van der Waals surface area contributed by atoms with Crippen molar-refractivity contribution < 1.29 is 4.79 Å². The van der Waals surface area contributed by atoms with Gasteiger partial charge in [-0.3, -0.25) is 9.89 Å². The standard InChI is InChI=1S/C9H14N8O/c1-16(4-8-11-6-12-14-8)9(18)5-17-3-7(2-10)13-15-17/h3,6H,2,4-5,10H2,1H3,(H,11,12,14). The molecule has 0 atom stereocenters. The summed E-state index contributed by atoms with van der Waals surface area (Å²) in [4.78, 5) is 17.4. The van der Waals surface area contributed by atoms with Crippen LogP contribution in [0.5, 0.6) is 0 Å². The van der Waals surface area contributed by atoms with Crippen LogP contribution in [0.4, 0.5) is 0 Å². The fraction of sp³-hybridized carbons (Fsp3) is 0.444. The molecule has 2 aromatic rings. The Bertz CT molecular complexity index is 504. The van der Waals surface area contributed by atoms with Gasteiger partial charge in [0.15, 0.2) is 0 Å². The lowest BCUT2D eigenvalue weighted by Crippen LogP contribution is -2.30. The van der Waals surface area contributed by atoms with Gasteiger partial charge in [-0.1, -0.05) is 5.21 Å². The Morgan fingerprint density at radius 2 is 2.44 bits per heavy atom. The lowest BCUT2D eigenvalue weighted by molar-refractivity contribution is -0.131. The van der Waals surface area contributed by atoms with E-state index in [1.165, 1.54) is 15.9 Å². The molecule has 0 saturated carbocycles. The minimum Gasteiger partial charge on any atom is -0.337 e. The number of aromatic amines is 1. The first-order chi connectivity index (χ1) is 8.69. The summed E-state index contributed by atoms with van der Waals surface area (Å²) in [5.41, 5.74) is 6.07. The van der Waals surface area contributed by atoms with Gasteiger partial charge in [0.1, 0.15) is 18.7 Å². The highest BCUT2D eigenvalue weighted by atomic mass is 16.2. The van der Waals surface area contributed by atoms with Crippen molar-refractivity contribution in [1.29, 1.82) is 0 Å². The Kier molecular flexibility index (Phi) is 3.63. The van der Waals surface area contributed by atoms with Crippen LogP contribution in [-0.2, 0) is 24.4 Å². The quantitative estimate of drug-likeness (QED) is 0.667. The first-order valence-corrected chi connectivity index (χ1v) is 5.36. The normalized spacial score (nSPS) is 10.6. The molecule has 0 bridgehead atoms. The minimum absolute atomic E-state index is 0.0973. The number of carbonyl (C=O) groups excluding carboxylic acids is 1. The molecule has 3 N–H and O–H groups in total. The van der Waals surface area contributed by atoms with Crippen LogP contribution in [-0.4, -0.2) is 48.0 Å². The first kappa shape index (κ1) is 12.2. The van der Waals surface area contributed by atoms with Crippen LogP contribution in [0.15, 0.2) is 12.5 Å². The van der Waals surface area contributed by atoms with Gasteiger partial charge in [-0.05, 0) is 0 Å².